The fourth-order valence-electron chi connectivity index (χ4n) is 1.58. The lowest BCUT2D eigenvalue weighted by Crippen LogP contribution is -2.24. The number of ether oxygens (including phenoxy) is 1. The van der Waals surface area contributed by atoms with Crippen molar-refractivity contribution in [3.63, 3.8) is 0 Å². The molecule has 0 saturated carbocycles. The predicted molar refractivity (Wildman–Crippen MR) is 67.4 cm³/mol. The molecule has 0 aromatic heterocycles. The Morgan fingerprint density at radius 1 is 1.00 bits per heavy atom. The van der Waals surface area contributed by atoms with Gasteiger partial charge in [0.25, 0.3) is 0 Å². The van der Waals surface area contributed by atoms with Crippen molar-refractivity contribution in [1.29, 1.82) is 0 Å². The van der Waals surface area contributed by atoms with Crippen LogP contribution in [0, 0.1) is 17.5 Å². The normalized spacial score (nSPS) is 10.9. The molecule has 6 heteroatoms. The summed E-state index contributed by atoms with van der Waals surface area (Å²) >= 11 is 0. The van der Waals surface area contributed by atoms with Gasteiger partial charge in [0.1, 0.15) is 0 Å². The molecule has 0 aliphatic heterocycles. The molecule has 0 bridgehead atoms. The van der Waals surface area contributed by atoms with E-state index in [1.54, 1.807) is 7.11 Å². The van der Waals surface area contributed by atoms with E-state index in [0.717, 1.165) is 31.6 Å². The Kier molecular flexibility index (Phi) is 7.47. The lowest BCUT2D eigenvalue weighted by Gasteiger charge is -2.07. The molecule has 1 aromatic carbocycles. The van der Waals surface area contributed by atoms with Crippen LogP contribution in [0.15, 0.2) is 12.1 Å². The Hall–Kier alpha value is -1.11. The Morgan fingerprint density at radius 2 is 1.63 bits per heavy atom. The number of hydrogen-bond donors (Lipinski definition) is 2. The topological polar surface area (TPSA) is 33.3 Å². The van der Waals surface area contributed by atoms with E-state index in [4.69, 9.17) is 4.74 Å². The molecule has 3 nitrogen and oxygen atoms in total. The van der Waals surface area contributed by atoms with Crippen molar-refractivity contribution in [2.75, 3.05) is 33.4 Å². The van der Waals surface area contributed by atoms with Crippen LogP contribution >= 0.6 is 0 Å². The molecule has 0 amide bonds. The summed E-state index contributed by atoms with van der Waals surface area (Å²) in [6.45, 7) is 3.32. The largest absolute Gasteiger partial charge is 0.383 e. The highest BCUT2D eigenvalue weighted by Crippen LogP contribution is 2.13. The van der Waals surface area contributed by atoms with E-state index in [0.29, 0.717) is 25.3 Å². The highest BCUT2D eigenvalue weighted by molar-refractivity contribution is 5.19. The van der Waals surface area contributed by atoms with Gasteiger partial charge in [-0.15, -0.1) is 0 Å². The molecule has 0 saturated heterocycles. The highest BCUT2D eigenvalue weighted by atomic mass is 19.2. The van der Waals surface area contributed by atoms with Gasteiger partial charge in [0.2, 0.25) is 0 Å². The van der Waals surface area contributed by atoms with Crippen LogP contribution in [-0.4, -0.2) is 33.4 Å². The lowest BCUT2D eigenvalue weighted by molar-refractivity contribution is 0.199. The van der Waals surface area contributed by atoms with Gasteiger partial charge in [-0.3, -0.25) is 0 Å². The molecule has 0 aliphatic rings. The van der Waals surface area contributed by atoms with E-state index < -0.39 is 17.5 Å². The van der Waals surface area contributed by atoms with E-state index in [9.17, 15) is 13.2 Å². The van der Waals surface area contributed by atoms with Crippen LogP contribution in [-0.2, 0) is 11.3 Å². The Labute approximate surface area is 111 Å². The minimum absolute atomic E-state index is 0.312. The molecule has 0 fully saturated rings. The van der Waals surface area contributed by atoms with Crippen molar-refractivity contribution < 1.29 is 17.9 Å². The number of benzene rings is 1. The molecule has 0 radical (unpaired) electrons. The van der Waals surface area contributed by atoms with E-state index >= 15 is 0 Å². The van der Waals surface area contributed by atoms with Crippen LogP contribution in [0.1, 0.15) is 12.0 Å². The Balaban J connectivity index is 2.16. The molecule has 19 heavy (non-hydrogen) atoms. The summed E-state index contributed by atoms with van der Waals surface area (Å²) in [6, 6.07) is 2.00. The number of halogens is 3. The summed E-state index contributed by atoms with van der Waals surface area (Å²) in [7, 11) is 1.64. The van der Waals surface area contributed by atoms with Crippen LogP contribution in [0.3, 0.4) is 0 Å². The van der Waals surface area contributed by atoms with Crippen molar-refractivity contribution in [3.05, 3.63) is 35.1 Å². The Bertz CT molecular complexity index is 365. The zero-order chi connectivity index (χ0) is 14.1. The van der Waals surface area contributed by atoms with Crippen molar-refractivity contribution in [3.8, 4) is 0 Å². The molecule has 0 aliphatic carbocycles. The second-order valence-electron chi connectivity index (χ2n) is 4.15. The van der Waals surface area contributed by atoms with Gasteiger partial charge >= 0.3 is 0 Å². The fraction of sp³-hybridized carbons (Fsp3) is 0.538. The molecule has 0 spiro atoms. The van der Waals surface area contributed by atoms with Gasteiger partial charge in [-0.05, 0) is 37.2 Å². The third kappa shape index (κ3) is 6.04. The summed E-state index contributed by atoms with van der Waals surface area (Å²) in [5.41, 5.74) is 0.392. The predicted octanol–water partition coefficient (Wildman–Crippen LogP) is 1.82. The first kappa shape index (κ1) is 15.9. The lowest BCUT2D eigenvalue weighted by atomic mass is 10.2. The standard InChI is InChI=1S/C13H19F3N2O/c1-19-6-5-17-3-2-4-18-9-10-7-11(14)13(16)12(15)8-10/h7-8,17-18H,2-6,9H2,1H3. The average molecular weight is 276 g/mol. The monoisotopic (exact) mass is 276 g/mol. The highest BCUT2D eigenvalue weighted by Gasteiger charge is 2.09. The number of nitrogens with one attached hydrogen (secondary N) is 2. The van der Waals surface area contributed by atoms with Gasteiger partial charge in [-0.1, -0.05) is 0 Å². The van der Waals surface area contributed by atoms with E-state index in [-0.39, 0.29) is 0 Å². The molecule has 0 heterocycles. The second-order valence-corrected chi connectivity index (χ2v) is 4.15. The zero-order valence-corrected chi connectivity index (χ0v) is 10.9. The molecule has 2 N–H and O–H groups in total. The molecule has 1 aromatic rings. The van der Waals surface area contributed by atoms with Crippen LogP contribution in [0.4, 0.5) is 13.2 Å². The van der Waals surface area contributed by atoms with Crippen LogP contribution in [0.25, 0.3) is 0 Å². The van der Waals surface area contributed by atoms with E-state index in [1.807, 2.05) is 0 Å². The minimum atomic E-state index is -1.42. The third-order valence-electron chi connectivity index (χ3n) is 2.56. The van der Waals surface area contributed by atoms with Crippen molar-refractivity contribution >= 4 is 0 Å². The van der Waals surface area contributed by atoms with Crippen molar-refractivity contribution in [1.82, 2.24) is 10.6 Å². The molecular formula is C13H19F3N2O. The van der Waals surface area contributed by atoms with Gasteiger partial charge in [0.15, 0.2) is 17.5 Å². The smallest absolute Gasteiger partial charge is 0.194 e. The van der Waals surface area contributed by atoms with E-state index in [2.05, 4.69) is 10.6 Å². The van der Waals surface area contributed by atoms with Crippen molar-refractivity contribution in [2.24, 2.45) is 0 Å². The van der Waals surface area contributed by atoms with Gasteiger partial charge in [-0.25, -0.2) is 13.2 Å². The third-order valence-corrected chi connectivity index (χ3v) is 2.56. The van der Waals surface area contributed by atoms with Crippen LogP contribution < -0.4 is 10.6 Å². The van der Waals surface area contributed by atoms with Crippen molar-refractivity contribution in [2.45, 2.75) is 13.0 Å². The molecule has 0 unspecified atom stereocenters. The second kappa shape index (κ2) is 8.90. The minimum Gasteiger partial charge on any atom is -0.383 e. The summed E-state index contributed by atoms with van der Waals surface area (Å²) in [6.07, 6.45) is 0.885. The first-order valence-electron chi connectivity index (χ1n) is 6.19. The average Bonchev–Trinajstić information content (AvgIpc) is 2.39. The van der Waals surface area contributed by atoms with E-state index in [1.165, 1.54) is 0 Å². The maximum absolute atomic E-state index is 12.9. The molecule has 108 valence electrons. The summed E-state index contributed by atoms with van der Waals surface area (Å²) in [4.78, 5) is 0. The zero-order valence-electron chi connectivity index (χ0n) is 10.9. The van der Waals surface area contributed by atoms with Crippen LogP contribution in [0.5, 0.6) is 0 Å². The van der Waals surface area contributed by atoms with Gasteiger partial charge < -0.3 is 15.4 Å². The number of rotatable bonds is 9. The molecule has 0 atom stereocenters. The maximum atomic E-state index is 12.9. The Morgan fingerprint density at radius 3 is 2.26 bits per heavy atom. The molecular weight excluding hydrogens is 257 g/mol. The first-order valence-corrected chi connectivity index (χ1v) is 6.19. The van der Waals surface area contributed by atoms with Gasteiger partial charge in [-0.2, -0.15) is 0 Å². The van der Waals surface area contributed by atoms with Gasteiger partial charge in [0.05, 0.1) is 6.61 Å². The summed E-state index contributed by atoms with van der Waals surface area (Å²) in [5.74, 6) is -3.73. The first-order chi connectivity index (χ1) is 9.15. The SMILES string of the molecule is COCCNCCCNCc1cc(F)c(F)c(F)c1. The summed E-state index contributed by atoms with van der Waals surface area (Å²) < 4.78 is 43.4. The summed E-state index contributed by atoms with van der Waals surface area (Å²) in [5, 5.41) is 6.22. The van der Waals surface area contributed by atoms with Crippen LogP contribution in [0.2, 0.25) is 0 Å². The molecule has 1 rings (SSSR count). The maximum Gasteiger partial charge on any atom is 0.194 e. The van der Waals surface area contributed by atoms with Gasteiger partial charge in [0, 0.05) is 20.2 Å². The quantitative estimate of drug-likeness (QED) is 0.533. The fourth-order valence-corrected chi connectivity index (χ4v) is 1.58. The number of hydrogen-bond acceptors (Lipinski definition) is 3. The number of methoxy groups -OCH3 is 1.